The average molecular weight is 313 g/mol. The van der Waals surface area contributed by atoms with Gasteiger partial charge in [-0.25, -0.2) is 4.98 Å². The topological polar surface area (TPSA) is 80.9 Å². The van der Waals surface area contributed by atoms with E-state index in [0.717, 1.165) is 17.7 Å². The summed E-state index contributed by atoms with van der Waals surface area (Å²) in [7, 11) is 0. The van der Waals surface area contributed by atoms with Gasteiger partial charge in [-0.2, -0.15) is 0 Å². The van der Waals surface area contributed by atoms with Gasteiger partial charge < -0.3 is 11.1 Å². The van der Waals surface area contributed by atoms with Gasteiger partial charge in [0.05, 0.1) is 11.7 Å². The summed E-state index contributed by atoms with van der Waals surface area (Å²) in [6.45, 7) is 2.00. The molecule has 0 radical (unpaired) electrons. The van der Waals surface area contributed by atoms with Crippen molar-refractivity contribution in [3.05, 3.63) is 29.9 Å². The number of carbonyl (C=O) groups excluding carboxylic acids is 1. The Balaban J connectivity index is 0.00000200. The molecule has 7 heteroatoms. The van der Waals surface area contributed by atoms with Crippen LogP contribution in [-0.4, -0.2) is 21.9 Å². The number of nitrogens with one attached hydrogen (secondary N) is 1. The predicted molar refractivity (Wildman–Crippen MR) is 84.1 cm³/mol. The van der Waals surface area contributed by atoms with Crippen LogP contribution in [-0.2, 0) is 4.79 Å². The van der Waals surface area contributed by atoms with Gasteiger partial charge in [0.15, 0.2) is 5.13 Å². The Morgan fingerprint density at radius 2 is 2.35 bits per heavy atom. The maximum Gasteiger partial charge on any atom is 0.243 e. The monoisotopic (exact) mass is 312 g/mol. The second-order valence-corrected chi connectivity index (χ2v) is 5.02. The van der Waals surface area contributed by atoms with Gasteiger partial charge in [-0.1, -0.05) is 13.3 Å². The first-order valence-corrected chi connectivity index (χ1v) is 7.01. The van der Waals surface area contributed by atoms with Crippen LogP contribution in [0.2, 0.25) is 0 Å². The quantitative estimate of drug-likeness (QED) is 0.889. The van der Waals surface area contributed by atoms with Gasteiger partial charge in [0.2, 0.25) is 5.91 Å². The number of anilines is 1. The van der Waals surface area contributed by atoms with Crippen LogP contribution in [0.1, 0.15) is 19.8 Å². The zero-order valence-corrected chi connectivity index (χ0v) is 12.7. The number of carbonyl (C=O) groups is 1. The lowest BCUT2D eigenvalue weighted by Gasteiger charge is -2.08. The van der Waals surface area contributed by atoms with E-state index in [1.165, 1.54) is 11.3 Å². The summed E-state index contributed by atoms with van der Waals surface area (Å²) in [6, 6.07) is 3.30. The fraction of sp³-hybridized carbons (Fsp3) is 0.308. The Labute approximate surface area is 128 Å². The molecule has 1 atom stereocenters. The number of hydrogen-bond acceptors (Lipinski definition) is 5. The Bertz CT molecular complexity index is 546. The van der Waals surface area contributed by atoms with E-state index in [9.17, 15) is 4.79 Å². The van der Waals surface area contributed by atoms with Crippen LogP contribution in [0.5, 0.6) is 0 Å². The molecule has 0 aliphatic heterocycles. The van der Waals surface area contributed by atoms with Crippen LogP contribution in [0.15, 0.2) is 29.9 Å². The molecule has 3 N–H and O–H groups in total. The molecular formula is C13H17ClN4OS. The minimum Gasteiger partial charge on any atom is -0.320 e. The van der Waals surface area contributed by atoms with Crippen molar-refractivity contribution in [2.45, 2.75) is 25.8 Å². The molecule has 108 valence electrons. The number of nitrogens with zero attached hydrogens (tertiary/aromatic N) is 2. The van der Waals surface area contributed by atoms with Crippen LogP contribution >= 0.6 is 23.7 Å². The second kappa shape index (κ2) is 7.94. The van der Waals surface area contributed by atoms with Gasteiger partial charge in [0, 0.05) is 23.3 Å². The number of nitrogens with two attached hydrogens (primary N) is 1. The fourth-order valence-electron chi connectivity index (χ4n) is 1.62. The number of aromatic nitrogens is 2. The molecule has 0 aliphatic rings. The molecule has 0 bridgehead atoms. The Hall–Kier alpha value is -1.50. The first-order chi connectivity index (χ1) is 9.20. The highest BCUT2D eigenvalue weighted by Gasteiger charge is 2.14. The zero-order chi connectivity index (χ0) is 13.7. The smallest absolute Gasteiger partial charge is 0.243 e. The van der Waals surface area contributed by atoms with Crippen LogP contribution in [0.3, 0.4) is 0 Å². The summed E-state index contributed by atoms with van der Waals surface area (Å²) in [5.74, 6) is -0.186. The van der Waals surface area contributed by atoms with Crippen molar-refractivity contribution in [1.82, 2.24) is 9.97 Å². The number of rotatable bonds is 5. The van der Waals surface area contributed by atoms with Gasteiger partial charge >= 0.3 is 0 Å². The molecule has 1 amide bonds. The average Bonchev–Trinajstić information content (AvgIpc) is 2.88. The molecule has 1 unspecified atom stereocenters. The number of amides is 1. The van der Waals surface area contributed by atoms with E-state index in [-0.39, 0.29) is 18.3 Å². The minimum absolute atomic E-state index is 0. The third-order valence-corrected chi connectivity index (χ3v) is 3.39. The molecule has 2 aromatic heterocycles. The predicted octanol–water partition coefficient (Wildman–Crippen LogP) is 2.69. The third kappa shape index (κ3) is 4.26. The maximum absolute atomic E-state index is 11.8. The molecular weight excluding hydrogens is 296 g/mol. The van der Waals surface area contributed by atoms with E-state index < -0.39 is 6.04 Å². The first-order valence-electron chi connectivity index (χ1n) is 6.13. The van der Waals surface area contributed by atoms with E-state index in [2.05, 4.69) is 15.3 Å². The number of thiazole rings is 1. The van der Waals surface area contributed by atoms with E-state index in [1.54, 1.807) is 12.4 Å². The summed E-state index contributed by atoms with van der Waals surface area (Å²) in [5.41, 5.74) is 7.48. The molecule has 20 heavy (non-hydrogen) atoms. The molecule has 2 heterocycles. The van der Waals surface area contributed by atoms with Crippen molar-refractivity contribution in [3.63, 3.8) is 0 Å². The molecule has 0 saturated heterocycles. The second-order valence-electron chi connectivity index (χ2n) is 4.16. The summed E-state index contributed by atoms with van der Waals surface area (Å²) in [6.07, 6.45) is 5.01. The van der Waals surface area contributed by atoms with Crippen molar-refractivity contribution in [1.29, 1.82) is 0 Å². The lowest BCUT2D eigenvalue weighted by atomic mass is 10.2. The molecule has 0 spiro atoms. The summed E-state index contributed by atoms with van der Waals surface area (Å²) in [5, 5.41) is 5.19. The zero-order valence-electron chi connectivity index (χ0n) is 11.1. The lowest BCUT2D eigenvalue weighted by Crippen LogP contribution is -2.35. The molecule has 0 saturated carbocycles. The van der Waals surface area contributed by atoms with E-state index in [1.807, 2.05) is 24.4 Å². The molecule has 5 nitrogen and oxygen atoms in total. The normalized spacial score (nSPS) is 11.5. The van der Waals surface area contributed by atoms with Gasteiger partial charge in [-0.05, 0) is 18.6 Å². The van der Waals surface area contributed by atoms with Crippen LogP contribution in [0.25, 0.3) is 11.3 Å². The number of pyridine rings is 1. The van der Waals surface area contributed by atoms with E-state index in [0.29, 0.717) is 11.6 Å². The highest BCUT2D eigenvalue weighted by molar-refractivity contribution is 7.14. The number of hydrogen-bond donors (Lipinski definition) is 2. The van der Waals surface area contributed by atoms with Gasteiger partial charge in [-0.3, -0.25) is 9.78 Å². The van der Waals surface area contributed by atoms with Crippen molar-refractivity contribution in [2.75, 3.05) is 5.32 Å². The van der Waals surface area contributed by atoms with E-state index in [4.69, 9.17) is 5.73 Å². The van der Waals surface area contributed by atoms with E-state index >= 15 is 0 Å². The van der Waals surface area contributed by atoms with Crippen LogP contribution in [0.4, 0.5) is 5.13 Å². The van der Waals surface area contributed by atoms with Crippen molar-refractivity contribution in [2.24, 2.45) is 5.73 Å². The molecule has 0 aliphatic carbocycles. The summed E-state index contributed by atoms with van der Waals surface area (Å²) >= 11 is 1.38. The fourth-order valence-corrected chi connectivity index (χ4v) is 2.34. The molecule has 0 aromatic carbocycles. The summed E-state index contributed by atoms with van der Waals surface area (Å²) in [4.78, 5) is 20.2. The summed E-state index contributed by atoms with van der Waals surface area (Å²) < 4.78 is 0. The highest BCUT2D eigenvalue weighted by Crippen LogP contribution is 2.24. The largest absolute Gasteiger partial charge is 0.320 e. The molecule has 2 rings (SSSR count). The Morgan fingerprint density at radius 1 is 1.55 bits per heavy atom. The minimum atomic E-state index is -0.476. The standard InChI is InChI=1S/C13H16N4OS.ClH/c1-2-4-10(14)12(18)17-13-16-11(8-19-13)9-5-3-6-15-7-9;/h3,5-8,10H,2,4,14H2,1H3,(H,16,17,18);1H. The van der Waals surface area contributed by atoms with Gasteiger partial charge in [0.1, 0.15) is 0 Å². The SMILES string of the molecule is CCCC(N)C(=O)Nc1nc(-c2cccnc2)cs1.Cl. The Kier molecular flexibility index (Phi) is 6.57. The van der Waals surface area contributed by atoms with Crippen LogP contribution in [0, 0.1) is 0 Å². The van der Waals surface area contributed by atoms with Crippen molar-refractivity contribution in [3.8, 4) is 11.3 Å². The van der Waals surface area contributed by atoms with Gasteiger partial charge in [0.25, 0.3) is 0 Å². The highest BCUT2D eigenvalue weighted by atomic mass is 35.5. The van der Waals surface area contributed by atoms with Gasteiger partial charge in [-0.15, -0.1) is 23.7 Å². The van der Waals surface area contributed by atoms with Crippen molar-refractivity contribution >= 4 is 34.8 Å². The molecule has 0 fully saturated rings. The lowest BCUT2D eigenvalue weighted by molar-refractivity contribution is -0.117. The van der Waals surface area contributed by atoms with Crippen LogP contribution < -0.4 is 11.1 Å². The first kappa shape index (κ1) is 16.6. The number of halogens is 1. The maximum atomic E-state index is 11.8. The molecule has 2 aromatic rings. The third-order valence-electron chi connectivity index (χ3n) is 2.63. The Morgan fingerprint density at radius 3 is 3.00 bits per heavy atom. The van der Waals surface area contributed by atoms with Crippen molar-refractivity contribution < 1.29 is 4.79 Å².